The van der Waals surface area contributed by atoms with Crippen molar-refractivity contribution in [1.82, 2.24) is 0 Å². The highest BCUT2D eigenvalue weighted by Crippen LogP contribution is 2.32. The van der Waals surface area contributed by atoms with Gasteiger partial charge < -0.3 is 9.47 Å². The first kappa shape index (κ1) is 24.7. The van der Waals surface area contributed by atoms with Gasteiger partial charge in [0.15, 0.2) is 0 Å². The van der Waals surface area contributed by atoms with Crippen LogP contribution in [0.1, 0.15) is 76.8 Å². The molecule has 0 radical (unpaired) electrons. The van der Waals surface area contributed by atoms with Crippen LogP contribution in [0.25, 0.3) is 17.2 Å². The molecule has 0 saturated carbocycles. The first-order valence-corrected chi connectivity index (χ1v) is 11.9. The van der Waals surface area contributed by atoms with Crippen molar-refractivity contribution < 1.29 is 14.3 Å². The Balaban J connectivity index is 2.16. The molecule has 168 valence electrons. The van der Waals surface area contributed by atoms with Gasteiger partial charge in [-0.2, -0.15) is 0 Å². The van der Waals surface area contributed by atoms with Crippen molar-refractivity contribution in [2.24, 2.45) is 0 Å². The number of hydrogen-bond acceptors (Lipinski definition) is 3. The molecule has 0 aliphatic carbocycles. The summed E-state index contributed by atoms with van der Waals surface area (Å²) < 4.78 is 11.1. The summed E-state index contributed by atoms with van der Waals surface area (Å²) in [6.07, 6.45) is 12.9. The van der Waals surface area contributed by atoms with Gasteiger partial charge in [0, 0.05) is 11.6 Å². The number of hydrogen-bond donors (Lipinski definition) is 0. The zero-order chi connectivity index (χ0) is 22.3. The maximum Gasteiger partial charge on any atom is 0.330 e. The molecule has 0 aliphatic rings. The second-order valence-electron chi connectivity index (χ2n) is 7.90. The van der Waals surface area contributed by atoms with Crippen molar-refractivity contribution in [2.75, 3.05) is 13.2 Å². The lowest BCUT2D eigenvalue weighted by atomic mass is 9.99. The van der Waals surface area contributed by atoms with Gasteiger partial charge >= 0.3 is 5.97 Å². The van der Waals surface area contributed by atoms with E-state index in [9.17, 15) is 4.79 Å². The summed E-state index contributed by atoms with van der Waals surface area (Å²) in [6.45, 7) is 7.31. The molecule has 0 atom stereocenters. The van der Waals surface area contributed by atoms with E-state index < -0.39 is 0 Å². The summed E-state index contributed by atoms with van der Waals surface area (Å²) in [4.78, 5) is 11.6. The fourth-order valence-electron chi connectivity index (χ4n) is 3.50. The van der Waals surface area contributed by atoms with Crippen molar-refractivity contribution in [3.63, 3.8) is 0 Å². The van der Waals surface area contributed by atoms with E-state index >= 15 is 0 Å². The van der Waals surface area contributed by atoms with Gasteiger partial charge in [0.25, 0.3) is 0 Å². The Morgan fingerprint density at radius 3 is 2.32 bits per heavy atom. The molecule has 0 heterocycles. The van der Waals surface area contributed by atoms with E-state index in [1.54, 1.807) is 13.0 Å². The van der Waals surface area contributed by atoms with Gasteiger partial charge in [0.05, 0.1) is 13.2 Å². The predicted molar refractivity (Wildman–Crippen MR) is 130 cm³/mol. The van der Waals surface area contributed by atoms with E-state index in [1.165, 1.54) is 37.3 Å². The smallest absolute Gasteiger partial charge is 0.330 e. The average Bonchev–Trinajstić information content (AvgIpc) is 2.79. The van der Waals surface area contributed by atoms with E-state index in [2.05, 4.69) is 44.2 Å². The van der Waals surface area contributed by atoms with Gasteiger partial charge in [-0.1, -0.05) is 82.3 Å². The minimum absolute atomic E-state index is 0.327. The highest BCUT2D eigenvalue weighted by Gasteiger charge is 2.08. The van der Waals surface area contributed by atoms with E-state index in [4.69, 9.17) is 9.47 Å². The van der Waals surface area contributed by atoms with Crippen molar-refractivity contribution in [3.05, 3.63) is 59.7 Å². The molecule has 0 aromatic heterocycles. The maximum absolute atomic E-state index is 11.6. The SMILES string of the molecule is CCCCCCc1ccc(-c2ccc(/C=C/C(=O)OCC)cc2OCCCCC)cc1. The highest BCUT2D eigenvalue weighted by molar-refractivity contribution is 5.87. The maximum atomic E-state index is 11.6. The molecule has 0 bridgehead atoms. The first-order valence-electron chi connectivity index (χ1n) is 11.9. The van der Waals surface area contributed by atoms with Crippen LogP contribution in [-0.2, 0) is 16.0 Å². The fourth-order valence-corrected chi connectivity index (χ4v) is 3.50. The third-order valence-corrected chi connectivity index (χ3v) is 5.29. The lowest BCUT2D eigenvalue weighted by Gasteiger charge is -2.13. The molecule has 3 nitrogen and oxygen atoms in total. The fraction of sp³-hybridized carbons (Fsp3) is 0.464. The molecule has 0 spiro atoms. The third-order valence-electron chi connectivity index (χ3n) is 5.29. The van der Waals surface area contributed by atoms with Crippen LogP contribution in [-0.4, -0.2) is 19.2 Å². The molecule has 0 amide bonds. The van der Waals surface area contributed by atoms with Crippen LogP contribution in [0.5, 0.6) is 5.75 Å². The number of aryl methyl sites for hydroxylation is 1. The van der Waals surface area contributed by atoms with E-state index in [1.807, 2.05) is 12.1 Å². The Morgan fingerprint density at radius 2 is 1.61 bits per heavy atom. The molecule has 0 aliphatic heterocycles. The Kier molecular flexibility index (Phi) is 11.5. The molecule has 31 heavy (non-hydrogen) atoms. The quantitative estimate of drug-likeness (QED) is 0.178. The largest absolute Gasteiger partial charge is 0.493 e. The van der Waals surface area contributed by atoms with Crippen LogP contribution in [0.4, 0.5) is 0 Å². The van der Waals surface area contributed by atoms with Crippen molar-refractivity contribution in [1.29, 1.82) is 0 Å². The van der Waals surface area contributed by atoms with Crippen molar-refractivity contribution in [2.45, 2.75) is 72.1 Å². The Morgan fingerprint density at radius 1 is 0.871 bits per heavy atom. The number of esters is 1. The zero-order valence-electron chi connectivity index (χ0n) is 19.5. The summed E-state index contributed by atoms with van der Waals surface area (Å²) in [5.41, 5.74) is 4.56. The summed E-state index contributed by atoms with van der Waals surface area (Å²) in [7, 11) is 0. The predicted octanol–water partition coefficient (Wildman–Crippen LogP) is 7.62. The van der Waals surface area contributed by atoms with Gasteiger partial charge in [-0.3, -0.25) is 0 Å². The number of rotatable bonds is 14. The molecule has 0 N–H and O–H groups in total. The summed E-state index contributed by atoms with van der Waals surface area (Å²) in [5, 5.41) is 0. The lowest BCUT2D eigenvalue weighted by Crippen LogP contribution is -2.00. The number of ether oxygens (including phenoxy) is 2. The molecule has 0 saturated heterocycles. The standard InChI is InChI=1S/C28H38O3/c1-4-7-9-10-12-23-13-17-25(18-14-23)26-19-15-24(16-20-28(29)30-6-3)22-27(26)31-21-11-8-5-2/h13-20,22H,4-12,21H2,1-3H3/b20-16+. The molecule has 0 fully saturated rings. The van der Waals surface area contributed by atoms with Crippen molar-refractivity contribution >= 4 is 12.0 Å². The number of carbonyl (C=O) groups excluding carboxylic acids is 1. The molecule has 2 rings (SSSR count). The molecular formula is C28H38O3. The second kappa shape index (κ2) is 14.5. The van der Waals surface area contributed by atoms with Crippen LogP contribution in [0.3, 0.4) is 0 Å². The van der Waals surface area contributed by atoms with Gasteiger partial charge in [-0.15, -0.1) is 0 Å². The van der Waals surface area contributed by atoms with Gasteiger partial charge in [0.1, 0.15) is 5.75 Å². The van der Waals surface area contributed by atoms with E-state index in [0.717, 1.165) is 48.1 Å². The topological polar surface area (TPSA) is 35.5 Å². The minimum atomic E-state index is -0.327. The molecule has 3 heteroatoms. The normalized spacial score (nSPS) is 11.1. The summed E-state index contributed by atoms with van der Waals surface area (Å²) in [5.74, 6) is 0.532. The molecule has 0 unspecified atom stereocenters. The van der Waals surface area contributed by atoms with E-state index in [0.29, 0.717) is 13.2 Å². The van der Waals surface area contributed by atoms with Crippen LogP contribution < -0.4 is 4.74 Å². The first-order chi connectivity index (χ1) is 15.2. The van der Waals surface area contributed by atoms with Gasteiger partial charge in [-0.05, 0) is 55.0 Å². The number of carbonyl (C=O) groups is 1. The highest BCUT2D eigenvalue weighted by atomic mass is 16.5. The molecular weight excluding hydrogens is 384 g/mol. The summed E-state index contributed by atoms with van der Waals surface area (Å²) in [6, 6.07) is 15.0. The third kappa shape index (κ3) is 9.00. The van der Waals surface area contributed by atoms with E-state index in [-0.39, 0.29) is 5.97 Å². The lowest BCUT2D eigenvalue weighted by molar-refractivity contribution is -0.137. The monoisotopic (exact) mass is 422 g/mol. The Bertz CT molecular complexity index is 806. The van der Waals surface area contributed by atoms with Crippen molar-refractivity contribution in [3.8, 4) is 16.9 Å². The second-order valence-corrected chi connectivity index (χ2v) is 7.90. The number of benzene rings is 2. The number of unbranched alkanes of at least 4 members (excludes halogenated alkanes) is 5. The van der Waals surface area contributed by atoms with Crippen LogP contribution in [0.2, 0.25) is 0 Å². The minimum Gasteiger partial charge on any atom is -0.493 e. The van der Waals surface area contributed by atoms with Crippen LogP contribution >= 0.6 is 0 Å². The molecule has 2 aromatic carbocycles. The Labute approximate surface area is 188 Å². The average molecular weight is 423 g/mol. The summed E-state index contributed by atoms with van der Waals surface area (Å²) >= 11 is 0. The Hall–Kier alpha value is -2.55. The zero-order valence-corrected chi connectivity index (χ0v) is 19.5. The molecule has 2 aromatic rings. The van der Waals surface area contributed by atoms with Gasteiger partial charge in [-0.25, -0.2) is 4.79 Å². The van der Waals surface area contributed by atoms with Gasteiger partial charge in [0.2, 0.25) is 0 Å². The van der Waals surface area contributed by atoms with Crippen LogP contribution in [0.15, 0.2) is 48.5 Å². The van der Waals surface area contributed by atoms with Crippen LogP contribution in [0, 0.1) is 0 Å².